The van der Waals surface area contributed by atoms with Gasteiger partial charge in [0.05, 0.1) is 31.3 Å². The first kappa shape index (κ1) is 43.3. The van der Waals surface area contributed by atoms with Crippen molar-refractivity contribution in [1.82, 2.24) is 21.0 Å². The standard InChI is InChI=1S/C31H58N4O8S2/c1-5-25(11-6-8-14-33-31(42)23-45-21-27(38)20-36)28(39)19-26(24(2)37)12-7-9-15-32-30(41)22-44-18-10-13-29(40)34-16-17-35(3)43-4/h25-27,36,38H,5-23H2,1-4H3,(H,32,41)(H,33,42)(H,34,40). The lowest BCUT2D eigenvalue weighted by molar-refractivity contribution is -0.129. The summed E-state index contributed by atoms with van der Waals surface area (Å²) in [7, 11) is 3.37. The monoisotopic (exact) mass is 678 g/mol. The molecule has 0 aliphatic carbocycles. The topological polar surface area (TPSA) is 174 Å². The Balaban J connectivity index is 4.06. The molecule has 12 nitrogen and oxygen atoms in total. The van der Waals surface area contributed by atoms with E-state index in [9.17, 15) is 29.1 Å². The van der Waals surface area contributed by atoms with Gasteiger partial charge in [-0.15, -0.1) is 11.8 Å². The molecule has 0 bridgehead atoms. The SMILES string of the molecule is CCC(CCCCNC(=O)CSCC(O)CO)C(=O)CC(CCCCNC(=O)CSCCCC(=O)NCCN(C)OC)C(C)=O. The van der Waals surface area contributed by atoms with Gasteiger partial charge in [0.25, 0.3) is 0 Å². The van der Waals surface area contributed by atoms with Crippen molar-refractivity contribution in [3.05, 3.63) is 0 Å². The molecule has 0 aliphatic heterocycles. The normalized spacial score (nSPS) is 13.2. The summed E-state index contributed by atoms with van der Waals surface area (Å²) in [4.78, 5) is 65.9. The third-order valence-electron chi connectivity index (χ3n) is 7.31. The Kier molecular flexibility index (Phi) is 27.4. The van der Waals surface area contributed by atoms with E-state index in [1.54, 1.807) is 19.2 Å². The number of ketones is 2. The Labute approximate surface area is 278 Å². The van der Waals surface area contributed by atoms with Crippen molar-refractivity contribution in [1.29, 1.82) is 0 Å². The third kappa shape index (κ3) is 25.1. The molecule has 3 amide bonds. The predicted molar refractivity (Wildman–Crippen MR) is 181 cm³/mol. The lowest BCUT2D eigenvalue weighted by Crippen LogP contribution is -2.32. The molecule has 0 heterocycles. The van der Waals surface area contributed by atoms with E-state index < -0.39 is 6.10 Å². The lowest BCUT2D eigenvalue weighted by Gasteiger charge is -2.18. The van der Waals surface area contributed by atoms with E-state index in [1.165, 1.54) is 30.4 Å². The first-order valence-corrected chi connectivity index (χ1v) is 18.4. The molecule has 5 N–H and O–H groups in total. The van der Waals surface area contributed by atoms with Gasteiger partial charge in [-0.25, -0.2) is 0 Å². The highest BCUT2D eigenvalue weighted by Crippen LogP contribution is 2.22. The number of rotatable bonds is 30. The molecule has 0 spiro atoms. The van der Waals surface area contributed by atoms with Crippen molar-refractivity contribution < 1.29 is 39.0 Å². The fourth-order valence-electron chi connectivity index (χ4n) is 4.41. The van der Waals surface area contributed by atoms with Crippen LogP contribution in [0.25, 0.3) is 0 Å². The summed E-state index contributed by atoms with van der Waals surface area (Å²) in [5, 5.41) is 28.3. The van der Waals surface area contributed by atoms with E-state index in [0.29, 0.717) is 63.4 Å². The zero-order valence-electron chi connectivity index (χ0n) is 27.8. The van der Waals surface area contributed by atoms with Crippen LogP contribution < -0.4 is 16.0 Å². The van der Waals surface area contributed by atoms with Gasteiger partial charge in [-0.2, -0.15) is 16.8 Å². The number of likely N-dealkylation sites (N-methyl/N-ethyl adjacent to an activating group) is 1. The average Bonchev–Trinajstić information content (AvgIpc) is 3.01. The first-order valence-electron chi connectivity index (χ1n) is 16.1. The van der Waals surface area contributed by atoms with Gasteiger partial charge >= 0.3 is 0 Å². The van der Waals surface area contributed by atoms with Crippen LogP contribution in [0.1, 0.15) is 78.1 Å². The number of carbonyl (C=O) groups is 5. The molecular formula is C31H58N4O8S2. The number of thioether (sulfide) groups is 2. The van der Waals surface area contributed by atoms with Crippen LogP contribution in [0.5, 0.6) is 0 Å². The molecule has 3 unspecified atom stereocenters. The van der Waals surface area contributed by atoms with Crippen LogP contribution >= 0.6 is 23.5 Å². The van der Waals surface area contributed by atoms with Crippen LogP contribution in [-0.2, 0) is 28.8 Å². The summed E-state index contributed by atoms with van der Waals surface area (Å²) < 4.78 is 0. The molecule has 0 aromatic carbocycles. The summed E-state index contributed by atoms with van der Waals surface area (Å²) in [5.74, 6) is 1.13. The fraction of sp³-hybridized carbons (Fsp3) is 0.839. The second-order valence-corrected chi connectivity index (χ2v) is 13.3. The molecule has 0 aromatic rings. The number of Topliss-reactive ketones (excluding diaryl/α,β-unsaturated/α-hetero) is 2. The molecule has 45 heavy (non-hydrogen) atoms. The van der Waals surface area contributed by atoms with E-state index in [2.05, 4.69) is 16.0 Å². The molecule has 0 saturated heterocycles. The minimum atomic E-state index is -0.818. The maximum Gasteiger partial charge on any atom is 0.229 e. The third-order valence-corrected chi connectivity index (χ3v) is 9.44. The Morgan fingerprint density at radius 2 is 1.40 bits per heavy atom. The summed E-state index contributed by atoms with van der Waals surface area (Å²) in [6.07, 6.45) is 5.62. The highest BCUT2D eigenvalue weighted by atomic mass is 32.2. The van der Waals surface area contributed by atoms with Gasteiger partial charge in [-0.05, 0) is 51.2 Å². The molecule has 0 rings (SSSR count). The largest absolute Gasteiger partial charge is 0.394 e. The molecule has 0 aromatic heterocycles. The van der Waals surface area contributed by atoms with Crippen molar-refractivity contribution in [2.45, 2.75) is 84.2 Å². The van der Waals surface area contributed by atoms with Crippen LogP contribution in [-0.4, -0.2) is 121 Å². The minimum absolute atomic E-state index is 0.0107. The predicted octanol–water partition coefficient (Wildman–Crippen LogP) is 1.96. The van der Waals surface area contributed by atoms with Crippen molar-refractivity contribution in [2.75, 3.05) is 70.0 Å². The smallest absolute Gasteiger partial charge is 0.229 e. The zero-order chi connectivity index (χ0) is 33.9. The lowest BCUT2D eigenvalue weighted by atomic mass is 9.85. The number of hydroxylamine groups is 2. The Bertz CT molecular complexity index is 852. The average molecular weight is 679 g/mol. The number of nitrogens with one attached hydrogen (secondary N) is 3. The number of aliphatic hydroxyl groups is 2. The molecule has 14 heteroatoms. The highest BCUT2D eigenvalue weighted by molar-refractivity contribution is 8.00. The van der Waals surface area contributed by atoms with Crippen LogP contribution in [0.15, 0.2) is 0 Å². The summed E-state index contributed by atoms with van der Waals surface area (Å²) >= 11 is 2.76. The van der Waals surface area contributed by atoms with E-state index >= 15 is 0 Å². The Morgan fingerprint density at radius 1 is 0.822 bits per heavy atom. The van der Waals surface area contributed by atoms with Crippen LogP contribution in [0.2, 0.25) is 0 Å². The van der Waals surface area contributed by atoms with Crippen LogP contribution in [0.3, 0.4) is 0 Å². The maximum atomic E-state index is 13.0. The van der Waals surface area contributed by atoms with Gasteiger partial charge in [0, 0.05) is 63.7 Å². The van der Waals surface area contributed by atoms with E-state index in [0.717, 1.165) is 37.9 Å². The Morgan fingerprint density at radius 3 is 1.96 bits per heavy atom. The number of hydrogen-bond acceptors (Lipinski definition) is 11. The summed E-state index contributed by atoms with van der Waals surface area (Å²) in [6.45, 7) is 5.37. The van der Waals surface area contributed by atoms with Crippen molar-refractivity contribution in [3.63, 3.8) is 0 Å². The zero-order valence-corrected chi connectivity index (χ0v) is 29.4. The molecule has 0 saturated carbocycles. The number of aliphatic hydroxyl groups excluding tert-OH is 2. The number of amides is 3. The van der Waals surface area contributed by atoms with Gasteiger partial charge in [0.1, 0.15) is 11.6 Å². The number of nitrogens with zero attached hydrogens (tertiary/aromatic N) is 1. The van der Waals surface area contributed by atoms with E-state index in [-0.39, 0.29) is 59.9 Å². The van der Waals surface area contributed by atoms with Crippen LogP contribution in [0, 0.1) is 11.8 Å². The quantitative estimate of drug-likeness (QED) is 0.0555. The van der Waals surface area contributed by atoms with Gasteiger partial charge in [-0.1, -0.05) is 19.8 Å². The highest BCUT2D eigenvalue weighted by Gasteiger charge is 2.23. The van der Waals surface area contributed by atoms with E-state index in [1.807, 2.05) is 6.92 Å². The van der Waals surface area contributed by atoms with Gasteiger partial charge in [0.2, 0.25) is 17.7 Å². The van der Waals surface area contributed by atoms with Crippen molar-refractivity contribution in [2.24, 2.45) is 11.8 Å². The number of carbonyl (C=O) groups excluding carboxylic acids is 5. The van der Waals surface area contributed by atoms with Crippen molar-refractivity contribution >= 4 is 52.8 Å². The summed E-state index contributed by atoms with van der Waals surface area (Å²) in [5.41, 5.74) is 0. The van der Waals surface area contributed by atoms with Gasteiger partial charge in [-0.3, -0.25) is 24.0 Å². The molecule has 0 radical (unpaired) electrons. The van der Waals surface area contributed by atoms with Crippen molar-refractivity contribution in [3.8, 4) is 0 Å². The maximum absolute atomic E-state index is 13.0. The molecule has 3 atom stereocenters. The minimum Gasteiger partial charge on any atom is -0.394 e. The Hall–Kier alpha value is -1.71. The molecule has 0 fully saturated rings. The molecular weight excluding hydrogens is 620 g/mol. The second-order valence-electron chi connectivity index (χ2n) is 11.2. The molecule has 0 aliphatic rings. The van der Waals surface area contributed by atoms with Gasteiger partial charge < -0.3 is 31.0 Å². The number of unbranched alkanes of at least 4 members (excludes halogenated alkanes) is 2. The second kappa shape index (κ2) is 28.5. The fourth-order valence-corrected chi connectivity index (χ4v) is 5.98. The number of hydrogen-bond donors (Lipinski definition) is 5. The van der Waals surface area contributed by atoms with E-state index in [4.69, 9.17) is 9.94 Å². The summed E-state index contributed by atoms with van der Waals surface area (Å²) in [6, 6.07) is 0. The van der Waals surface area contributed by atoms with Crippen LogP contribution in [0.4, 0.5) is 0 Å². The molecule has 262 valence electrons. The first-order chi connectivity index (χ1) is 21.5. The van der Waals surface area contributed by atoms with Gasteiger partial charge in [0.15, 0.2) is 0 Å².